The lowest BCUT2D eigenvalue weighted by Crippen LogP contribution is -2.43. The molecule has 0 aromatic carbocycles. The number of hydrogen-bond acceptors (Lipinski definition) is 3. The second kappa shape index (κ2) is 4.80. The number of likely N-dealkylation sites (N-methyl/N-ethyl adjacent to an activating group) is 1. The zero-order chi connectivity index (χ0) is 8.97. The Balaban J connectivity index is 2.17. The first-order valence-corrected chi connectivity index (χ1v) is 4.63. The van der Waals surface area contributed by atoms with Gasteiger partial charge in [0.2, 0.25) is 0 Å². The summed E-state index contributed by atoms with van der Waals surface area (Å²) in [5.74, 6) is 0.640. The van der Waals surface area contributed by atoms with Gasteiger partial charge in [-0.25, -0.2) is 0 Å². The molecule has 12 heavy (non-hydrogen) atoms. The van der Waals surface area contributed by atoms with Gasteiger partial charge in [-0.15, -0.1) is 0 Å². The van der Waals surface area contributed by atoms with Crippen molar-refractivity contribution in [3.63, 3.8) is 0 Å². The molecule has 0 radical (unpaired) electrons. The van der Waals surface area contributed by atoms with Crippen molar-refractivity contribution in [2.45, 2.75) is 32.6 Å². The first-order chi connectivity index (χ1) is 5.72. The zero-order valence-electron chi connectivity index (χ0n) is 8.17. The molecule has 1 aliphatic rings. The van der Waals surface area contributed by atoms with Gasteiger partial charge < -0.3 is 14.8 Å². The van der Waals surface area contributed by atoms with Crippen molar-refractivity contribution in [2.75, 3.05) is 20.3 Å². The lowest BCUT2D eigenvalue weighted by molar-refractivity contribution is -0.195. The van der Waals surface area contributed by atoms with Crippen LogP contribution in [0.25, 0.3) is 0 Å². The van der Waals surface area contributed by atoms with E-state index in [0.717, 1.165) is 19.6 Å². The van der Waals surface area contributed by atoms with Crippen LogP contribution in [-0.4, -0.2) is 32.6 Å². The van der Waals surface area contributed by atoms with Gasteiger partial charge in [0.1, 0.15) is 0 Å². The molecule has 1 rings (SSSR count). The van der Waals surface area contributed by atoms with Gasteiger partial charge in [-0.1, -0.05) is 13.8 Å². The summed E-state index contributed by atoms with van der Waals surface area (Å²) in [7, 11) is 1.93. The van der Waals surface area contributed by atoms with Crippen LogP contribution in [0.2, 0.25) is 0 Å². The van der Waals surface area contributed by atoms with Crippen LogP contribution in [0.15, 0.2) is 0 Å². The smallest absolute Gasteiger partial charge is 0.157 e. The summed E-state index contributed by atoms with van der Waals surface area (Å²) >= 11 is 0. The first kappa shape index (κ1) is 9.96. The summed E-state index contributed by atoms with van der Waals surface area (Å²) in [6.45, 7) is 5.90. The summed E-state index contributed by atoms with van der Waals surface area (Å²) in [4.78, 5) is 0. The molecular formula is C9H19NO2. The third-order valence-electron chi connectivity index (χ3n) is 2.04. The molecule has 3 nitrogen and oxygen atoms in total. The van der Waals surface area contributed by atoms with Gasteiger partial charge in [-0.2, -0.15) is 0 Å². The van der Waals surface area contributed by atoms with E-state index in [1.807, 2.05) is 7.05 Å². The van der Waals surface area contributed by atoms with Gasteiger partial charge in [0, 0.05) is 6.42 Å². The molecule has 0 amide bonds. The summed E-state index contributed by atoms with van der Waals surface area (Å²) in [6, 6.07) is 0.369. The minimum Gasteiger partial charge on any atom is -0.351 e. The molecule has 3 heteroatoms. The molecule has 0 aromatic heterocycles. The molecule has 0 saturated carbocycles. The van der Waals surface area contributed by atoms with E-state index in [9.17, 15) is 0 Å². The quantitative estimate of drug-likeness (QED) is 0.690. The normalized spacial score (nSPS) is 31.0. The highest BCUT2D eigenvalue weighted by Gasteiger charge is 2.21. The monoisotopic (exact) mass is 173 g/mol. The Morgan fingerprint density at radius 2 is 1.92 bits per heavy atom. The molecule has 1 N–H and O–H groups in total. The highest BCUT2D eigenvalue weighted by molar-refractivity contribution is 4.67. The first-order valence-electron chi connectivity index (χ1n) is 4.63. The fraction of sp³-hybridized carbons (Fsp3) is 1.00. The number of hydrogen-bond donors (Lipinski definition) is 1. The van der Waals surface area contributed by atoms with Crippen molar-refractivity contribution < 1.29 is 9.47 Å². The Bertz CT molecular complexity index is 120. The van der Waals surface area contributed by atoms with E-state index in [4.69, 9.17) is 9.47 Å². The van der Waals surface area contributed by atoms with Crippen molar-refractivity contribution in [2.24, 2.45) is 5.92 Å². The van der Waals surface area contributed by atoms with Crippen LogP contribution in [0.3, 0.4) is 0 Å². The average molecular weight is 173 g/mol. The van der Waals surface area contributed by atoms with Crippen LogP contribution in [-0.2, 0) is 9.47 Å². The minimum atomic E-state index is 0.0228. The molecular weight excluding hydrogens is 154 g/mol. The summed E-state index contributed by atoms with van der Waals surface area (Å²) in [6.07, 6.45) is 1.02. The second-order valence-electron chi connectivity index (χ2n) is 3.71. The summed E-state index contributed by atoms with van der Waals surface area (Å²) in [5.41, 5.74) is 0. The van der Waals surface area contributed by atoms with Crippen LogP contribution in [0.1, 0.15) is 20.3 Å². The van der Waals surface area contributed by atoms with Gasteiger partial charge in [0.25, 0.3) is 0 Å². The van der Waals surface area contributed by atoms with Gasteiger partial charge in [0.15, 0.2) is 6.29 Å². The molecule has 1 saturated heterocycles. The molecule has 72 valence electrons. The standard InChI is InChI=1S/C9H19NO2/c1-7(2)4-9-11-5-8(10-3)6-12-9/h7-10H,4-6H2,1-3H3. The Morgan fingerprint density at radius 3 is 2.33 bits per heavy atom. The van der Waals surface area contributed by atoms with E-state index in [0.29, 0.717) is 12.0 Å². The van der Waals surface area contributed by atoms with Crippen molar-refractivity contribution in [1.82, 2.24) is 5.32 Å². The molecule has 0 unspecified atom stereocenters. The van der Waals surface area contributed by atoms with Crippen LogP contribution >= 0.6 is 0 Å². The Kier molecular flexibility index (Phi) is 3.98. The van der Waals surface area contributed by atoms with E-state index in [1.54, 1.807) is 0 Å². The fourth-order valence-corrected chi connectivity index (χ4v) is 1.23. The molecule has 0 atom stereocenters. The highest BCUT2D eigenvalue weighted by atomic mass is 16.7. The molecule has 0 bridgehead atoms. The van der Waals surface area contributed by atoms with Crippen molar-refractivity contribution in [3.8, 4) is 0 Å². The third kappa shape index (κ3) is 3.09. The second-order valence-corrected chi connectivity index (χ2v) is 3.71. The zero-order valence-corrected chi connectivity index (χ0v) is 8.17. The molecule has 0 spiro atoms. The van der Waals surface area contributed by atoms with Gasteiger partial charge >= 0.3 is 0 Å². The lowest BCUT2D eigenvalue weighted by atomic mass is 10.1. The van der Waals surface area contributed by atoms with Crippen molar-refractivity contribution in [3.05, 3.63) is 0 Å². The fourth-order valence-electron chi connectivity index (χ4n) is 1.23. The minimum absolute atomic E-state index is 0.0228. The van der Waals surface area contributed by atoms with E-state index in [-0.39, 0.29) is 6.29 Å². The maximum Gasteiger partial charge on any atom is 0.157 e. The molecule has 0 aliphatic carbocycles. The lowest BCUT2D eigenvalue weighted by Gasteiger charge is -2.29. The topological polar surface area (TPSA) is 30.5 Å². The largest absolute Gasteiger partial charge is 0.351 e. The number of rotatable bonds is 3. The Morgan fingerprint density at radius 1 is 1.33 bits per heavy atom. The number of ether oxygens (including phenoxy) is 2. The maximum atomic E-state index is 5.51. The Hall–Kier alpha value is -0.120. The maximum absolute atomic E-state index is 5.51. The summed E-state index contributed by atoms with van der Waals surface area (Å²) in [5, 5.41) is 3.13. The van der Waals surface area contributed by atoms with Crippen LogP contribution < -0.4 is 5.32 Å². The highest BCUT2D eigenvalue weighted by Crippen LogP contribution is 2.13. The molecule has 1 fully saturated rings. The molecule has 1 aliphatic heterocycles. The van der Waals surface area contributed by atoms with Crippen molar-refractivity contribution in [1.29, 1.82) is 0 Å². The van der Waals surface area contributed by atoms with Crippen molar-refractivity contribution >= 4 is 0 Å². The molecule has 1 heterocycles. The van der Waals surface area contributed by atoms with Gasteiger partial charge in [-0.3, -0.25) is 0 Å². The van der Waals surface area contributed by atoms with E-state index < -0.39 is 0 Å². The van der Waals surface area contributed by atoms with Gasteiger partial charge in [0.05, 0.1) is 19.3 Å². The SMILES string of the molecule is CNC1COC(CC(C)C)OC1. The third-order valence-corrected chi connectivity index (χ3v) is 2.04. The van der Waals surface area contributed by atoms with E-state index in [2.05, 4.69) is 19.2 Å². The van der Waals surface area contributed by atoms with Gasteiger partial charge in [-0.05, 0) is 13.0 Å². The Labute approximate surface area is 74.4 Å². The average Bonchev–Trinajstić information content (AvgIpc) is 2.05. The summed E-state index contributed by atoms with van der Waals surface area (Å²) < 4.78 is 11.0. The molecule has 0 aromatic rings. The van der Waals surface area contributed by atoms with Crippen LogP contribution in [0.4, 0.5) is 0 Å². The van der Waals surface area contributed by atoms with Crippen LogP contribution in [0.5, 0.6) is 0 Å². The predicted octanol–water partition coefficient (Wildman–Crippen LogP) is 0.993. The van der Waals surface area contributed by atoms with E-state index in [1.165, 1.54) is 0 Å². The van der Waals surface area contributed by atoms with E-state index >= 15 is 0 Å². The number of nitrogens with one attached hydrogen (secondary N) is 1. The predicted molar refractivity (Wildman–Crippen MR) is 48.0 cm³/mol. The van der Waals surface area contributed by atoms with Crippen LogP contribution in [0, 0.1) is 5.92 Å².